The molecule has 2 aromatic rings. The highest BCUT2D eigenvalue weighted by molar-refractivity contribution is 7.09. The molecule has 21 heavy (non-hydrogen) atoms. The van der Waals surface area contributed by atoms with E-state index in [9.17, 15) is 0 Å². The summed E-state index contributed by atoms with van der Waals surface area (Å²) in [7, 11) is 1.99. The van der Waals surface area contributed by atoms with Crippen LogP contribution < -0.4 is 5.32 Å². The molecule has 2 aromatic heterocycles. The molecule has 5 heteroatoms. The molecule has 0 aliphatic heterocycles. The first kappa shape index (κ1) is 16.0. The summed E-state index contributed by atoms with van der Waals surface area (Å²) in [6.07, 6.45) is 1.75. The summed E-state index contributed by atoms with van der Waals surface area (Å²) in [4.78, 5) is 13.9. The zero-order valence-electron chi connectivity index (χ0n) is 13.5. The second-order valence-electron chi connectivity index (χ2n) is 5.72. The lowest BCUT2D eigenvalue weighted by Crippen LogP contribution is -2.19. The van der Waals surface area contributed by atoms with Gasteiger partial charge in [0.05, 0.1) is 6.42 Å². The summed E-state index contributed by atoms with van der Waals surface area (Å²) in [5, 5.41) is 6.38. The molecular formula is C16H24N4S. The van der Waals surface area contributed by atoms with Crippen molar-refractivity contribution in [2.24, 2.45) is 5.92 Å². The van der Waals surface area contributed by atoms with Gasteiger partial charge in [0.15, 0.2) is 0 Å². The van der Waals surface area contributed by atoms with Crippen LogP contribution in [-0.2, 0) is 12.8 Å². The number of nitrogens with zero attached hydrogens (tertiary/aromatic N) is 3. The minimum absolute atomic E-state index is 0.587. The van der Waals surface area contributed by atoms with Crippen LogP contribution in [0.3, 0.4) is 0 Å². The average molecular weight is 304 g/mol. The maximum atomic E-state index is 4.69. The smallest absolute Gasteiger partial charge is 0.135 e. The number of hydrogen-bond donors (Lipinski definition) is 1. The average Bonchev–Trinajstić information content (AvgIpc) is 2.80. The minimum Gasteiger partial charge on any atom is -0.319 e. The molecule has 2 rings (SSSR count). The Morgan fingerprint density at radius 2 is 1.81 bits per heavy atom. The molecule has 0 aromatic carbocycles. The van der Waals surface area contributed by atoms with Crippen molar-refractivity contribution in [2.45, 2.75) is 40.5 Å². The number of thiazole rings is 1. The highest BCUT2D eigenvalue weighted by atomic mass is 32.1. The summed E-state index contributed by atoms with van der Waals surface area (Å²) in [6, 6.07) is 0. The second-order valence-corrected chi connectivity index (χ2v) is 6.66. The number of hydrogen-bond acceptors (Lipinski definition) is 5. The van der Waals surface area contributed by atoms with Crippen LogP contribution in [0, 0.1) is 26.7 Å². The van der Waals surface area contributed by atoms with E-state index in [4.69, 9.17) is 0 Å². The van der Waals surface area contributed by atoms with E-state index in [-0.39, 0.29) is 0 Å². The topological polar surface area (TPSA) is 50.7 Å². The van der Waals surface area contributed by atoms with Crippen molar-refractivity contribution < 1.29 is 0 Å². The standard InChI is InChI=1S/C16H24N4S/c1-10(8-17-5)6-14-12(3)19-15(20-13(14)4)7-16-18-11(2)9-21-16/h9-10,17H,6-8H2,1-5H3. The maximum absolute atomic E-state index is 4.69. The molecule has 2 heterocycles. The van der Waals surface area contributed by atoms with Gasteiger partial charge in [0.2, 0.25) is 0 Å². The largest absolute Gasteiger partial charge is 0.319 e. The van der Waals surface area contributed by atoms with Crippen LogP contribution >= 0.6 is 11.3 Å². The summed E-state index contributed by atoms with van der Waals surface area (Å²) < 4.78 is 0. The first-order chi connectivity index (χ1) is 9.99. The van der Waals surface area contributed by atoms with Crippen molar-refractivity contribution in [3.8, 4) is 0 Å². The molecule has 1 unspecified atom stereocenters. The van der Waals surface area contributed by atoms with Crippen LogP contribution in [0.5, 0.6) is 0 Å². The molecule has 4 nitrogen and oxygen atoms in total. The van der Waals surface area contributed by atoms with Gasteiger partial charge in [-0.3, -0.25) is 0 Å². The lowest BCUT2D eigenvalue weighted by Gasteiger charge is -2.15. The van der Waals surface area contributed by atoms with E-state index in [1.807, 2.05) is 14.0 Å². The number of rotatable bonds is 6. The van der Waals surface area contributed by atoms with Crippen LogP contribution in [0.15, 0.2) is 5.38 Å². The van der Waals surface area contributed by atoms with Gasteiger partial charge in [-0.05, 0) is 52.3 Å². The van der Waals surface area contributed by atoms with Gasteiger partial charge in [0.25, 0.3) is 0 Å². The van der Waals surface area contributed by atoms with E-state index in [1.165, 1.54) is 5.56 Å². The molecule has 0 spiro atoms. The van der Waals surface area contributed by atoms with Crippen LogP contribution in [0.25, 0.3) is 0 Å². The molecule has 0 aliphatic carbocycles. The Bertz CT molecular complexity index is 583. The molecule has 0 bridgehead atoms. The lowest BCUT2D eigenvalue weighted by molar-refractivity contribution is 0.536. The molecule has 1 atom stereocenters. The third-order valence-electron chi connectivity index (χ3n) is 3.55. The first-order valence-electron chi connectivity index (χ1n) is 7.38. The summed E-state index contributed by atoms with van der Waals surface area (Å²) in [5.41, 5.74) is 4.57. The molecule has 0 saturated carbocycles. The van der Waals surface area contributed by atoms with E-state index in [0.717, 1.165) is 47.3 Å². The fourth-order valence-electron chi connectivity index (χ4n) is 2.57. The zero-order valence-corrected chi connectivity index (χ0v) is 14.3. The van der Waals surface area contributed by atoms with Gasteiger partial charge in [0.1, 0.15) is 10.8 Å². The predicted molar refractivity (Wildman–Crippen MR) is 88.0 cm³/mol. The van der Waals surface area contributed by atoms with Crippen LogP contribution in [0.1, 0.15) is 40.4 Å². The summed E-state index contributed by atoms with van der Waals surface area (Å²) in [6.45, 7) is 9.46. The maximum Gasteiger partial charge on any atom is 0.135 e. The van der Waals surface area contributed by atoms with Crippen molar-refractivity contribution in [3.63, 3.8) is 0 Å². The molecule has 0 aliphatic rings. The molecule has 0 amide bonds. The van der Waals surface area contributed by atoms with E-state index in [0.29, 0.717) is 5.92 Å². The highest BCUT2D eigenvalue weighted by Crippen LogP contribution is 2.18. The van der Waals surface area contributed by atoms with Crippen molar-refractivity contribution in [2.75, 3.05) is 13.6 Å². The van der Waals surface area contributed by atoms with Gasteiger partial charge in [-0.15, -0.1) is 11.3 Å². The Balaban J connectivity index is 2.16. The van der Waals surface area contributed by atoms with Crippen molar-refractivity contribution in [3.05, 3.63) is 38.9 Å². The van der Waals surface area contributed by atoms with E-state index >= 15 is 0 Å². The second kappa shape index (κ2) is 7.09. The lowest BCUT2D eigenvalue weighted by atomic mass is 9.98. The quantitative estimate of drug-likeness (QED) is 0.891. The van der Waals surface area contributed by atoms with E-state index < -0.39 is 0 Å². The third-order valence-corrected chi connectivity index (χ3v) is 4.51. The SMILES string of the molecule is CNCC(C)Cc1c(C)nc(Cc2nc(C)cs2)nc1C. The Hall–Kier alpha value is -1.33. The monoisotopic (exact) mass is 304 g/mol. The number of aromatic nitrogens is 3. The van der Waals surface area contributed by atoms with Gasteiger partial charge < -0.3 is 5.32 Å². The van der Waals surface area contributed by atoms with Crippen molar-refractivity contribution >= 4 is 11.3 Å². The molecular weight excluding hydrogens is 280 g/mol. The molecule has 0 radical (unpaired) electrons. The Kier molecular flexibility index (Phi) is 5.42. The van der Waals surface area contributed by atoms with Gasteiger partial charge >= 0.3 is 0 Å². The van der Waals surface area contributed by atoms with Crippen LogP contribution in [0.2, 0.25) is 0 Å². The Morgan fingerprint density at radius 3 is 2.33 bits per heavy atom. The fourth-order valence-corrected chi connectivity index (χ4v) is 3.34. The van der Waals surface area contributed by atoms with Gasteiger partial charge in [-0.25, -0.2) is 15.0 Å². The zero-order chi connectivity index (χ0) is 15.4. The van der Waals surface area contributed by atoms with Crippen molar-refractivity contribution in [1.82, 2.24) is 20.3 Å². The first-order valence-corrected chi connectivity index (χ1v) is 8.26. The highest BCUT2D eigenvalue weighted by Gasteiger charge is 2.13. The van der Waals surface area contributed by atoms with Gasteiger partial charge in [0, 0.05) is 22.5 Å². The number of aryl methyl sites for hydroxylation is 3. The van der Waals surface area contributed by atoms with Crippen LogP contribution in [-0.4, -0.2) is 28.5 Å². The Morgan fingerprint density at radius 1 is 1.14 bits per heavy atom. The van der Waals surface area contributed by atoms with Crippen LogP contribution in [0.4, 0.5) is 0 Å². The molecule has 0 saturated heterocycles. The summed E-state index contributed by atoms with van der Waals surface area (Å²) in [5.74, 6) is 1.47. The van der Waals surface area contributed by atoms with Gasteiger partial charge in [-0.1, -0.05) is 6.92 Å². The Labute approximate surface area is 131 Å². The summed E-state index contributed by atoms with van der Waals surface area (Å²) >= 11 is 1.68. The third kappa shape index (κ3) is 4.32. The predicted octanol–water partition coefficient (Wildman–Crippen LogP) is 2.85. The van der Waals surface area contributed by atoms with Gasteiger partial charge in [-0.2, -0.15) is 0 Å². The van der Waals surface area contributed by atoms with E-state index in [1.54, 1.807) is 11.3 Å². The normalized spacial score (nSPS) is 12.6. The minimum atomic E-state index is 0.587. The molecule has 0 fully saturated rings. The number of nitrogens with one attached hydrogen (secondary N) is 1. The molecule has 114 valence electrons. The van der Waals surface area contributed by atoms with Crippen molar-refractivity contribution in [1.29, 1.82) is 0 Å². The fraction of sp³-hybridized carbons (Fsp3) is 0.562. The molecule has 1 N–H and O–H groups in total. The van der Waals surface area contributed by atoms with E-state index in [2.05, 4.69) is 46.4 Å².